The Labute approximate surface area is 130 Å². The van der Waals surface area contributed by atoms with Crippen LogP contribution in [0.2, 0.25) is 0 Å². The quantitative estimate of drug-likeness (QED) is 0.480. The Kier molecular flexibility index (Phi) is 4.55. The van der Waals surface area contributed by atoms with Crippen LogP contribution in [0.5, 0.6) is 10.8 Å². The number of hydrogen-bond acceptors (Lipinski definition) is 5. The second-order valence-corrected chi connectivity index (χ2v) is 6.02. The first-order valence-corrected chi connectivity index (χ1v) is 7.19. The Balaban J connectivity index is 2.46. The largest absolute Gasteiger partial charge is 0.437 e. The van der Waals surface area contributed by atoms with Crippen molar-refractivity contribution in [3.63, 3.8) is 0 Å². The van der Waals surface area contributed by atoms with Crippen LogP contribution in [-0.2, 0) is 0 Å². The summed E-state index contributed by atoms with van der Waals surface area (Å²) >= 11 is 3.77. The topological polar surface area (TPSA) is 72.6 Å². The van der Waals surface area contributed by atoms with Crippen molar-refractivity contribution in [2.75, 3.05) is 0 Å². The molecule has 1 aromatic carbocycles. The highest BCUT2D eigenvalue weighted by Crippen LogP contribution is 2.43. The van der Waals surface area contributed by atoms with E-state index >= 15 is 0 Å². The normalized spacial score (nSPS) is 12.2. The fraction of sp³-hybridized carbons (Fsp3) is 0.167. The smallest absolute Gasteiger partial charge is 0.323 e. The maximum atomic E-state index is 13.6. The molecule has 1 unspecified atom stereocenters. The van der Waals surface area contributed by atoms with Crippen molar-refractivity contribution in [2.24, 2.45) is 0 Å². The van der Waals surface area contributed by atoms with E-state index in [9.17, 15) is 24.0 Å². The minimum atomic E-state index is -1.25. The monoisotopic (exact) mass is 379 g/mol. The van der Waals surface area contributed by atoms with Crippen molar-refractivity contribution in [2.45, 2.75) is 13.0 Å². The first-order chi connectivity index (χ1) is 9.79. The lowest BCUT2D eigenvalue weighted by molar-refractivity contribution is -0.385. The predicted molar refractivity (Wildman–Crippen MR) is 75.7 cm³/mol. The third kappa shape index (κ3) is 3.36. The van der Waals surface area contributed by atoms with Crippen molar-refractivity contribution < 1.29 is 23.5 Å². The highest BCUT2D eigenvalue weighted by atomic mass is 79.9. The zero-order valence-electron chi connectivity index (χ0n) is 10.5. The molecule has 0 amide bonds. The summed E-state index contributed by atoms with van der Waals surface area (Å²) in [5.74, 6) is -2.88. The van der Waals surface area contributed by atoms with Crippen molar-refractivity contribution in [3.8, 4) is 10.8 Å². The number of nitro groups is 1. The van der Waals surface area contributed by atoms with Crippen LogP contribution in [0, 0.1) is 21.7 Å². The maximum absolute atomic E-state index is 13.6. The minimum absolute atomic E-state index is 0.228. The summed E-state index contributed by atoms with van der Waals surface area (Å²) in [5.41, 5.74) is -0.421. The Bertz CT molecular complexity index is 705. The predicted octanol–water partition coefficient (Wildman–Crippen LogP) is 4.54. The van der Waals surface area contributed by atoms with E-state index in [-0.39, 0.29) is 14.4 Å². The Morgan fingerprint density at radius 2 is 2.10 bits per heavy atom. The van der Waals surface area contributed by atoms with Gasteiger partial charge in [0.25, 0.3) is 5.06 Å². The molecule has 0 spiro atoms. The van der Waals surface area contributed by atoms with Gasteiger partial charge in [0, 0.05) is 15.4 Å². The fourth-order valence-corrected chi connectivity index (χ4v) is 2.83. The summed E-state index contributed by atoms with van der Waals surface area (Å²) in [6.07, 6.45) is -0.935. The molecule has 0 aliphatic rings. The molecule has 1 N–H and O–H groups in total. The molecular weight excluding hydrogens is 372 g/mol. The van der Waals surface area contributed by atoms with Gasteiger partial charge in [-0.3, -0.25) is 10.1 Å². The first kappa shape index (κ1) is 15.8. The second-order valence-electron chi connectivity index (χ2n) is 4.06. The highest BCUT2D eigenvalue weighted by Gasteiger charge is 2.24. The number of halogens is 3. The molecule has 0 radical (unpaired) electrons. The van der Waals surface area contributed by atoms with E-state index in [0.29, 0.717) is 0 Å². The number of thiophene rings is 1. The first-order valence-electron chi connectivity index (χ1n) is 5.58. The lowest BCUT2D eigenvalue weighted by Crippen LogP contribution is -1.93. The summed E-state index contributed by atoms with van der Waals surface area (Å²) in [7, 11) is 0. The maximum Gasteiger partial charge on any atom is 0.323 e. The molecule has 0 saturated carbocycles. The molecule has 0 fully saturated rings. The molecule has 0 aliphatic heterocycles. The summed E-state index contributed by atoms with van der Waals surface area (Å²) in [5, 5.41) is 20.2. The van der Waals surface area contributed by atoms with Crippen molar-refractivity contribution >= 4 is 33.0 Å². The van der Waals surface area contributed by atoms with Crippen LogP contribution < -0.4 is 4.74 Å². The number of ether oxygens (including phenoxy) is 1. The van der Waals surface area contributed by atoms with Gasteiger partial charge in [0.15, 0.2) is 11.6 Å². The van der Waals surface area contributed by atoms with E-state index in [1.165, 1.54) is 6.92 Å². The average molecular weight is 380 g/mol. The molecule has 0 aliphatic carbocycles. The van der Waals surface area contributed by atoms with E-state index in [4.69, 9.17) is 4.74 Å². The summed E-state index contributed by atoms with van der Waals surface area (Å²) in [6, 6.07) is 3.20. The molecule has 0 saturated heterocycles. The zero-order chi connectivity index (χ0) is 15.7. The SMILES string of the molecule is CC(O)c1cc([N+](=O)[O-])c(Oc2cc(Br)cc(F)c2F)s1. The van der Waals surface area contributed by atoms with Crippen LogP contribution in [-0.4, -0.2) is 10.0 Å². The molecular formula is C12H8BrF2NO4S. The van der Waals surface area contributed by atoms with Crippen molar-refractivity contribution in [1.82, 2.24) is 0 Å². The summed E-state index contributed by atoms with van der Waals surface area (Å²) in [6.45, 7) is 1.43. The van der Waals surface area contributed by atoms with E-state index in [1.54, 1.807) is 0 Å². The summed E-state index contributed by atoms with van der Waals surface area (Å²) in [4.78, 5) is 10.5. The van der Waals surface area contributed by atoms with Gasteiger partial charge >= 0.3 is 5.69 Å². The molecule has 0 bridgehead atoms. The van der Waals surface area contributed by atoms with Crippen LogP contribution >= 0.6 is 27.3 Å². The lowest BCUT2D eigenvalue weighted by Gasteiger charge is -2.05. The van der Waals surface area contributed by atoms with E-state index < -0.39 is 34.1 Å². The van der Waals surface area contributed by atoms with Gasteiger partial charge in [0.1, 0.15) is 0 Å². The molecule has 2 rings (SSSR count). The Morgan fingerprint density at radius 1 is 1.43 bits per heavy atom. The van der Waals surface area contributed by atoms with Crippen LogP contribution in [0.1, 0.15) is 17.9 Å². The van der Waals surface area contributed by atoms with Gasteiger partial charge < -0.3 is 9.84 Å². The number of nitrogens with zero attached hydrogens (tertiary/aromatic N) is 1. The molecule has 112 valence electrons. The number of aliphatic hydroxyl groups is 1. The van der Waals surface area contributed by atoms with Gasteiger partial charge in [0.05, 0.1) is 11.0 Å². The van der Waals surface area contributed by atoms with Crippen molar-refractivity contribution in [3.05, 3.63) is 49.3 Å². The zero-order valence-corrected chi connectivity index (χ0v) is 12.9. The second kappa shape index (κ2) is 6.04. The molecule has 1 heterocycles. The van der Waals surface area contributed by atoms with E-state index in [0.717, 1.165) is 29.5 Å². The molecule has 9 heteroatoms. The standard InChI is InChI=1S/C12H8BrF2NO4S/c1-5(17)10-4-8(16(18)19)12(21-10)20-9-3-6(13)2-7(14)11(9)15/h2-5,17H,1H3. The van der Waals surface area contributed by atoms with Crippen LogP contribution in [0.3, 0.4) is 0 Å². The minimum Gasteiger partial charge on any atom is -0.437 e. The Hall–Kier alpha value is -1.58. The molecule has 21 heavy (non-hydrogen) atoms. The van der Waals surface area contributed by atoms with Crippen LogP contribution in [0.25, 0.3) is 0 Å². The van der Waals surface area contributed by atoms with Gasteiger partial charge in [-0.2, -0.15) is 4.39 Å². The van der Waals surface area contributed by atoms with Gasteiger partial charge in [-0.05, 0) is 19.1 Å². The molecule has 1 aromatic heterocycles. The van der Waals surface area contributed by atoms with Gasteiger partial charge in [-0.15, -0.1) is 0 Å². The molecule has 2 aromatic rings. The van der Waals surface area contributed by atoms with E-state index in [1.807, 2.05) is 0 Å². The van der Waals surface area contributed by atoms with Crippen LogP contribution in [0.15, 0.2) is 22.7 Å². The van der Waals surface area contributed by atoms with Crippen molar-refractivity contribution in [1.29, 1.82) is 0 Å². The summed E-state index contributed by atoms with van der Waals surface area (Å²) < 4.78 is 32.3. The third-order valence-electron chi connectivity index (χ3n) is 2.47. The molecule has 1 atom stereocenters. The number of hydrogen-bond donors (Lipinski definition) is 1. The highest BCUT2D eigenvalue weighted by molar-refractivity contribution is 9.10. The number of rotatable bonds is 4. The lowest BCUT2D eigenvalue weighted by atomic mass is 10.3. The average Bonchev–Trinajstić information content (AvgIpc) is 2.79. The van der Waals surface area contributed by atoms with E-state index in [2.05, 4.69) is 15.9 Å². The van der Waals surface area contributed by atoms with Gasteiger partial charge in [-0.1, -0.05) is 27.3 Å². The fourth-order valence-electron chi connectivity index (χ4n) is 1.50. The number of benzene rings is 1. The third-order valence-corrected chi connectivity index (χ3v) is 4.10. The molecule has 5 nitrogen and oxygen atoms in total. The van der Waals surface area contributed by atoms with Gasteiger partial charge in [0.2, 0.25) is 5.82 Å². The van der Waals surface area contributed by atoms with Gasteiger partial charge in [-0.25, -0.2) is 4.39 Å². The number of aliphatic hydroxyl groups excluding tert-OH is 1. The Morgan fingerprint density at radius 3 is 2.67 bits per heavy atom. The van der Waals surface area contributed by atoms with Crippen LogP contribution in [0.4, 0.5) is 14.5 Å².